The van der Waals surface area contributed by atoms with Gasteiger partial charge in [-0.3, -0.25) is 9.69 Å². The summed E-state index contributed by atoms with van der Waals surface area (Å²) in [4.78, 5) is 23.0. The van der Waals surface area contributed by atoms with Gasteiger partial charge in [0.15, 0.2) is 0 Å². The van der Waals surface area contributed by atoms with E-state index in [9.17, 15) is 15.0 Å². The number of carbonyl (C=O) groups is 1. The first-order chi connectivity index (χ1) is 16.7. The third-order valence-electron chi connectivity index (χ3n) is 10.0. The van der Waals surface area contributed by atoms with Crippen molar-refractivity contribution in [2.75, 3.05) is 24.5 Å². The number of nitrogens with one attached hydrogen (secondary N) is 1. The van der Waals surface area contributed by atoms with Crippen LogP contribution in [0.5, 0.6) is 0 Å². The van der Waals surface area contributed by atoms with Crippen LogP contribution in [-0.2, 0) is 0 Å². The topological polar surface area (TPSA) is 88.9 Å². The van der Waals surface area contributed by atoms with E-state index in [0.717, 1.165) is 83.2 Å². The van der Waals surface area contributed by atoms with E-state index >= 15 is 0 Å². The summed E-state index contributed by atoms with van der Waals surface area (Å²) in [6.07, 6.45) is 8.79. The number of piperazine rings is 1. The van der Waals surface area contributed by atoms with Crippen molar-refractivity contribution >= 4 is 11.7 Å². The molecule has 3 N–H and O–H groups in total. The summed E-state index contributed by atoms with van der Waals surface area (Å²) in [5.41, 5.74) is -0.478. The number of anilines is 1. The number of carbonyl (C=O) groups excluding carboxylic acids is 1. The summed E-state index contributed by atoms with van der Waals surface area (Å²) < 4.78 is 0. The molecule has 0 radical (unpaired) electrons. The Balaban J connectivity index is 1.09. The van der Waals surface area contributed by atoms with Crippen molar-refractivity contribution in [1.82, 2.24) is 15.2 Å². The Hall–Kier alpha value is -1.70. The average Bonchev–Trinajstić information content (AvgIpc) is 2.80. The molecule has 0 aromatic carbocycles. The van der Waals surface area contributed by atoms with E-state index in [-0.39, 0.29) is 11.9 Å². The van der Waals surface area contributed by atoms with Crippen molar-refractivity contribution in [1.29, 1.82) is 0 Å². The van der Waals surface area contributed by atoms with Gasteiger partial charge in [-0.2, -0.15) is 0 Å². The van der Waals surface area contributed by atoms with Gasteiger partial charge in [0.25, 0.3) is 5.91 Å². The molecule has 0 spiro atoms. The molecular formula is C28H42N4O3. The molecule has 1 aliphatic heterocycles. The zero-order chi connectivity index (χ0) is 24.4. The number of nitrogens with zero attached hydrogens (tertiary/aromatic N) is 3. The van der Waals surface area contributed by atoms with E-state index in [2.05, 4.69) is 22.0 Å². The van der Waals surface area contributed by atoms with E-state index < -0.39 is 11.2 Å². The molecule has 6 fully saturated rings. The third-order valence-corrected chi connectivity index (χ3v) is 10.0. The quantitative estimate of drug-likeness (QED) is 0.612. The highest BCUT2D eigenvalue weighted by Gasteiger charge is 2.55. The van der Waals surface area contributed by atoms with Crippen LogP contribution in [0.2, 0.25) is 0 Å². The summed E-state index contributed by atoms with van der Waals surface area (Å²) in [6, 6.07) is 6.87. The summed E-state index contributed by atoms with van der Waals surface area (Å²) in [5.74, 6) is 2.24. The number of pyridine rings is 1. The van der Waals surface area contributed by atoms with Crippen LogP contribution >= 0.6 is 0 Å². The third kappa shape index (κ3) is 4.60. The maximum Gasteiger partial charge on any atom is 0.270 e. The Bertz CT molecular complexity index is 941. The lowest BCUT2D eigenvalue weighted by molar-refractivity contribution is -0.136. The van der Waals surface area contributed by atoms with Crippen molar-refractivity contribution in [2.45, 2.75) is 101 Å². The minimum absolute atomic E-state index is 0.0724. The smallest absolute Gasteiger partial charge is 0.270 e. The molecule has 4 bridgehead atoms. The Kier molecular flexibility index (Phi) is 5.89. The van der Waals surface area contributed by atoms with E-state index in [1.165, 1.54) is 0 Å². The second-order valence-corrected chi connectivity index (χ2v) is 12.8. The fourth-order valence-electron chi connectivity index (χ4n) is 8.40. The zero-order valence-electron chi connectivity index (χ0n) is 21.3. The van der Waals surface area contributed by atoms with E-state index in [4.69, 9.17) is 4.98 Å². The minimum Gasteiger partial charge on any atom is -0.390 e. The van der Waals surface area contributed by atoms with Crippen LogP contribution in [-0.4, -0.2) is 75.0 Å². The van der Waals surface area contributed by atoms with Gasteiger partial charge in [0.2, 0.25) is 0 Å². The molecule has 1 aromatic rings. The molecule has 7 nitrogen and oxygen atoms in total. The molecule has 1 aromatic heterocycles. The summed E-state index contributed by atoms with van der Waals surface area (Å²) in [6.45, 7) is 7.09. The van der Waals surface area contributed by atoms with Gasteiger partial charge in [0.1, 0.15) is 11.5 Å². The SMILES string of the molecule is CC1CN(C2CCC(C)(O)CC2)CCN1c1cccc(C(=O)NC2C3CC4CC2CC(O)(C4)C3)n1. The molecule has 35 heavy (non-hydrogen) atoms. The summed E-state index contributed by atoms with van der Waals surface area (Å²) in [7, 11) is 0. The first-order valence-electron chi connectivity index (χ1n) is 13.9. The molecule has 192 valence electrons. The second-order valence-electron chi connectivity index (χ2n) is 12.8. The highest BCUT2D eigenvalue weighted by molar-refractivity contribution is 5.93. The molecule has 5 aliphatic carbocycles. The highest BCUT2D eigenvalue weighted by atomic mass is 16.3. The molecule has 3 unspecified atom stereocenters. The molecule has 1 amide bonds. The second kappa shape index (κ2) is 8.70. The summed E-state index contributed by atoms with van der Waals surface area (Å²) in [5, 5.41) is 24.5. The molecule has 7 rings (SSSR count). The number of hydrogen-bond acceptors (Lipinski definition) is 6. The number of aromatic nitrogens is 1. The van der Waals surface area contributed by atoms with Crippen molar-refractivity contribution in [3.05, 3.63) is 23.9 Å². The van der Waals surface area contributed by atoms with E-state index in [0.29, 0.717) is 35.5 Å². The van der Waals surface area contributed by atoms with Crippen molar-refractivity contribution < 1.29 is 15.0 Å². The molecule has 3 atom stereocenters. The van der Waals surface area contributed by atoms with Gasteiger partial charge in [-0.25, -0.2) is 4.98 Å². The Morgan fingerprint density at radius 3 is 2.46 bits per heavy atom. The van der Waals surface area contributed by atoms with Crippen LogP contribution in [0.4, 0.5) is 5.82 Å². The predicted octanol–water partition coefficient (Wildman–Crippen LogP) is 2.96. The normalized spacial score (nSPS) is 43.4. The van der Waals surface area contributed by atoms with Gasteiger partial charge >= 0.3 is 0 Å². The van der Waals surface area contributed by atoms with Gasteiger partial charge in [-0.05, 0) is 102 Å². The molecular weight excluding hydrogens is 440 g/mol. The Labute approximate surface area is 209 Å². The zero-order valence-corrected chi connectivity index (χ0v) is 21.3. The fraction of sp³-hybridized carbons (Fsp3) is 0.786. The lowest BCUT2D eigenvalue weighted by atomic mass is 9.52. The molecule has 1 saturated heterocycles. The maximum absolute atomic E-state index is 13.3. The Morgan fingerprint density at radius 1 is 1.09 bits per heavy atom. The van der Waals surface area contributed by atoms with Gasteiger partial charge < -0.3 is 20.4 Å². The van der Waals surface area contributed by atoms with E-state index in [1.54, 1.807) is 0 Å². The van der Waals surface area contributed by atoms with Crippen molar-refractivity contribution in [3.8, 4) is 0 Å². The minimum atomic E-state index is -0.495. The predicted molar refractivity (Wildman–Crippen MR) is 135 cm³/mol. The van der Waals surface area contributed by atoms with Crippen LogP contribution in [0.25, 0.3) is 0 Å². The first kappa shape index (κ1) is 23.7. The fourth-order valence-corrected chi connectivity index (χ4v) is 8.40. The number of amides is 1. The van der Waals surface area contributed by atoms with Gasteiger partial charge in [-0.15, -0.1) is 0 Å². The molecule has 7 heteroatoms. The number of rotatable bonds is 4. The van der Waals surface area contributed by atoms with Crippen LogP contribution in [0.3, 0.4) is 0 Å². The molecule has 6 aliphatic rings. The largest absolute Gasteiger partial charge is 0.390 e. The Morgan fingerprint density at radius 2 is 1.80 bits per heavy atom. The van der Waals surface area contributed by atoms with Gasteiger partial charge in [0.05, 0.1) is 11.2 Å². The number of hydrogen-bond donors (Lipinski definition) is 3. The monoisotopic (exact) mass is 482 g/mol. The lowest BCUT2D eigenvalue weighted by Crippen LogP contribution is -2.61. The van der Waals surface area contributed by atoms with Crippen LogP contribution in [0.1, 0.15) is 82.1 Å². The number of aliphatic hydroxyl groups is 2. The van der Waals surface area contributed by atoms with Crippen molar-refractivity contribution in [3.63, 3.8) is 0 Å². The molecule has 2 heterocycles. The van der Waals surface area contributed by atoms with Crippen molar-refractivity contribution in [2.24, 2.45) is 17.8 Å². The van der Waals surface area contributed by atoms with E-state index in [1.807, 2.05) is 25.1 Å². The first-order valence-corrected chi connectivity index (χ1v) is 13.9. The highest BCUT2D eigenvalue weighted by Crippen LogP contribution is 2.55. The van der Waals surface area contributed by atoms with Crippen LogP contribution in [0.15, 0.2) is 18.2 Å². The van der Waals surface area contributed by atoms with Gasteiger partial charge in [-0.1, -0.05) is 6.07 Å². The van der Waals surface area contributed by atoms with Crippen LogP contribution in [0, 0.1) is 17.8 Å². The van der Waals surface area contributed by atoms with Gasteiger partial charge in [0, 0.05) is 37.8 Å². The standard InChI is InChI=1S/C28H42N4O3/c1-18-17-31(22-6-8-27(2,34)9-7-22)10-11-32(18)24-5-3-4-23(29-24)26(33)30-25-20-12-19-13-21(25)16-28(35,14-19)15-20/h3-5,18-22,25,34-35H,6-17H2,1-2H3,(H,30,33). The average molecular weight is 483 g/mol. The van der Waals surface area contributed by atoms with Crippen LogP contribution < -0.4 is 10.2 Å². The lowest BCUT2D eigenvalue weighted by Gasteiger charge is -2.58. The maximum atomic E-state index is 13.3. The summed E-state index contributed by atoms with van der Waals surface area (Å²) >= 11 is 0. The molecule has 5 saturated carbocycles.